The molecule has 0 spiro atoms. The van der Waals surface area contributed by atoms with Crippen LogP contribution in [-0.4, -0.2) is 14.9 Å². The van der Waals surface area contributed by atoms with Gasteiger partial charge in [0.1, 0.15) is 17.8 Å². The topological polar surface area (TPSA) is 94.1 Å². The van der Waals surface area contributed by atoms with Gasteiger partial charge in [0.05, 0.1) is 17.2 Å². The Morgan fingerprint density at radius 2 is 2.16 bits per heavy atom. The summed E-state index contributed by atoms with van der Waals surface area (Å²) in [5.74, 6) is 1.90. The van der Waals surface area contributed by atoms with Crippen LogP contribution in [0.3, 0.4) is 0 Å². The maximum absolute atomic E-state index is 10.7. The molecular weight excluding hydrogens is 248 g/mol. The molecule has 0 aliphatic rings. The molecule has 0 unspecified atom stereocenters. The number of nitro groups is 1. The zero-order valence-corrected chi connectivity index (χ0v) is 10.9. The minimum Gasteiger partial charge on any atom is -0.444 e. The Hall–Kier alpha value is -2.44. The molecule has 1 N–H and O–H groups in total. The van der Waals surface area contributed by atoms with E-state index >= 15 is 0 Å². The molecule has 0 bridgehead atoms. The van der Waals surface area contributed by atoms with Crippen molar-refractivity contribution in [3.8, 4) is 0 Å². The summed E-state index contributed by atoms with van der Waals surface area (Å²) in [5.41, 5.74) is 1.42. The first-order valence-electron chi connectivity index (χ1n) is 5.75. The Bertz CT molecular complexity index is 602. The lowest BCUT2D eigenvalue weighted by molar-refractivity contribution is -0.385. The smallest absolute Gasteiger partial charge is 0.290 e. The lowest BCUT2D eigenvalue weighted by atomic mass is 10.2. The Labute approximate surface area is 109 Å². The van der Waals surface area contributed by atoms with Gasteiger partial charge >= 0.3 is 0 Å². The molecular formula is C12H14N4O3. The highest BCUT2D eigenvalue weighted by Gasteiger charge is 2.12. The van der Waals surface area contributed by atoms with E-state index in [1.807, 2.05) is 13.8 Å². The number of hydrogen-bond donors (Lipinski definition) is 1. The Morgan fingerprint density at radius 1 is 1.42 bits per heavy atom. The maximum atomic E-state index is 10.7. The molecule has 0 radical (unpaired) electrons. The normalized spacial score (nSPS) is 10.5. The number of nitrogens with one attached hydrogen (secondary N) is 1. The summed E-state index contributed by atoms with van der Waals surface area (Å²) in [6.45, 7) is 5.78. The number of pyridine rings is 1. The first kappa shape index (κ1) is 13.0. The molecule has 0 aliphatic heterocycles. The van der Waals surface area contributed by atoms with Crippen LogP contribution >= 0.6 is 0 Å². The number of rotatable bonds is 4. The average molecular weight is 262 g/mol. The molecule has 0 fully saturated rings. The van der Waals surface area contributed by atoms with Gasteiger partial charge in [0.2, 0.25) is 5.89 Å². The van der Waals surface area contributed by atoms with Crippen molar-refractivity contribution in [3.05, 3.63) is 45.3 Å². The van der Waals surface area contributed by atoms with Crippen molar-refractivity contribution in [2.24, 2.45) is 0 Å². The van der Waals surface area contributed by atoms with Gasteiger partial charge in [-0.2, -0.15) is 0 Å². The highest BCUT2D eigenvalue weighted by atomic mass is 16.6. The van der Waals surface area contributed by atoms with Gasteiger partial charge in [0.25, 0.3) is 5.69 Å². The summed E-state index contributed by atoms with van der Waals surface area (Å²) in [6.07, 6.45) is 1.24. The van der Waals surface area contributed by atoms with Gasteiger partial charge in [-0.25, -0.2) is 9.97 Å². The van der Waals surface area contributed by atoms with E-state index in [-0.39, 0.29) is 5.69 Å². The molecule has 100 valence electrons. The van der Waals surface area contributed by atoms with Crippen molar-refractivity contribution < 1.29 is 9.34 Å². The molecule has 0 saturated carbocycles. The molecule has 2 aromatic rings. The van der Waals surface area contributed by atoms with E-state index < -0.39 is 4.92 Å². The minimum absolute atomic E-state index is 0.00774. The zero-order chi connectivity index (χ0) is 14.0. The fourth-order valence-electron chi connectivity index (χ4n) is 1.62. The molecule has 19 heavy (non-hydrogen) atoms. The number of oxazole rings is 1. The summed E-state index contributed by atoms with van der Waals surface area (Å²) in [4.78, 5) is 18.4. The molecule has 0 amide bonds. The van der Waals surface area contributed by atoms with E-state index in [1.165, 1.54) is 6.20 Å². The molecule has 0 saturated heterocycles. The third kappa shape index (κ3) is 2.87. The standard InChI is InChI=1S/C12H14N4O3/c1-7-4-11(13-5-10(7)16(17)18)14-6-12-15-8(2)9(3)19-12/h4-5H,6H2,1-3H3,(H,13,14). The fraction of sp³-hybridized carbons (Fsp3) is 0.333. The largest absolute Gasteiger partial charge is 0.444 e. The maximum Gasteiger partial charge on any atom is 0.290 e. The number of nitrogens with zero attached hydrogens (tertiary/aromatic N) is 3. The summed E-state index contributed by atoms with van der Waals surface area (Å²) >= 11 is 0. The van der Waals surface area contributed by atoms with Gasteiger partial charge in [-0.05, 0) is 26.8 Å². The SMILES string of the molecule is Cc1cc(NCc2nc(C)c(C)o2)ncc1[N+](=O)[O-]. The molecule has 2 rings (SSSR count). The van der Waals surface area contributed by atoms with Crippen LogP contribution in [0.15, 0.2) is 16.7 Å². The molecule has 7 nitrogen and oxygen atoms in total. The van der Waals surface area contributed by atoms with Crippen molar-refractivity contribution in [3.63, 3.8) is 0 Å². The van der Waals surface area contributed by atoms with Crippen molar-refractivity contribution in [1.29, 1.82) is 0 Å². The minimum atomic E-state index is -0.451. The third-order valence-electron chi connectivity index (χ3n) is 2.77. The van der Waals surface area contributed by atoms with Crippen LogP contribution < -0.4 is 5.32 Å². The van der Waals surface area contributed by atoms with Crippen molar-refractivity contribution in [1.82, 2.24) is 9.97 Å². The van der Waals surface area contributed by atoms with Crippen LogP contribution in [0, 0.1) is 30.9 Å². The van der Waals surface area contributed by atoms with Crippen LogP contribution in [0.4, 0.5) is 11.5 Å². The van der Waals surface area contributed by atoms with Crippen LogP contribution in [0.25, 0.3) is 0 Å². The highest BCUT2D eigenvalue weighted by molar-refractivity contribution is 5.46. The van der Waals surface area contributed by atoms with E-state index in [2.05, 4.69) is 15.3 Å². The highest BCUT2D eigenvalue weighted by Crippen LogP contribution is 2.19. The van der Waals surface area contributed by atoms with Gasteiger partial charge in [-0.1, -0.05) is 0 Å². The van der Waals surface area contributed by atoms with Crippen LogP contribution in [0.5, 0.6) is 0 Å². The van der Waals surface area contributed by atoms with Gasteiger partial charge in [-0.3, -0.25) is 10.1 Å². The van der Waals surface area contributed by atoms with Gasteiger partial charge in [-0.15, -0.1) is 0 Å². The first-order valence-corrected chi connectivity index (χ1v) is 5.75. The van der Waals surface area contributed by atoms with Crippen molar-refractivity contribution >= 4 is 11.5 Å². The number of aromatic nitrogens is 2. The van der Waals surface area contributed by atoms with E-state index in [4.69, 9.17) is 4.42 Å². The van der Waals surface area contributed by atoms with E-state index in [9.17, 15) is 10.1 Å². The lowest BCUT2D eigenvalue weighted by Gasteiger charge is -2.04. The lowest BCUT2D eigenvalue weighted by Crippen LogP contribution is -2.03. The van der Waals surface area contributed by atoms with Crippen LogP contribution in [0.2, 0.25) is 0 Å². The Kier molecular flexibility index (Phi) is 3.46. The van der Waals surface area contributed by atoms with E-state index in [1.54, 1.807) is 13.0 Å². The summed E-state index contributed by atoms with van der Waals surface area (Å²) in [6, 6.07) is 1.63. The zero-order valence-electron chi connectivity index (χ0n) is 10.9. The van der Waals surface area contributed by atoms with Gasteiger partial charge in [0.15, 0.2) is 0 Å². The van der Waals surface area contributed by atoms with Crippen molar-refractivity contribution in [2.45, 2.75) is 27.3 Å². The molecule has 0 atom stereocenters. The summed E-state index contributed by atoms with van der Waals surface area (Å²) < 4.78 is 5.42. The monoisotopic (exact) mass is 262 g/mol. The Morgan fingerprint density at radius 3 is 2.68 bits per heavy atom. The van der Waals surface area contributed by atoms with Crippen LogP contribution in [0.1, 0.15) is 22.9 Å². The molecule has 2 aromatic heterocycles. The van der Waals surface area contributed by atoms with Crippen molar-refractivity contribution in [2.75, 3.05) is 5.32 Å². The third-order valence-corrected chi connectivity index (χ3v) is 2.77. The van der Waals surface area contributed by atoms with E-state index in [0.29, 0.717) is 23.8 Å². The fourth-order valence-corrected chi connectivity index (χ4v) is 1.62. The predicted molar refractivity (Wildman–Crippen MR) is 68.9 cm³/mol. The first-order chi connectivity index (χ1) is 8.97. The number of anilines is 1. The second kappa shape index (κ2) is 5.05. The molecule has 0 aromatic carbocycles. The second-order valence-electron chi connectivity index (χ2n) is 4.22. The second-order valence-corrected chi connectivity index (χ2v) is 4.22. The number of hydrogen-bond acceptors (Lipinski definition) is 6. The predicted octanol–water partition coefficient (Wildman–Crippen LogP) is 2.52. The quantitative estimate of drug-likeness (QED) is 0.672. The Balaban J connectivity index is 2.08. The number of aryl methyl sites for hydroxylation is 3. The summed E-state index contributed by atoms with van der Waals surface area (Å²) in [7, 11) is 0. The van der Waals surface area contributed by atoms with Crippen LogP contribution in [-0.2, 0) is 6.54 Å². The average Bonchev–Trinajstić information content (AvgIpc) is 2.66. The van der Waals surface area contributed by atoms with E-state index in [0.717, 1.165) is 11.5 Å². The molecule has 7 heteroatoms. The molecule has 0 aliphatic carbocycles. The van der Waals surface area contributed by atoms with Gasteiger partial charge < -0.3 is 9.73 Å². The molecule has 2 heterocycles. The summed E-state index contributed by atoms with van der Waals surface area (Å²) in [5, 5.41) is 13.7. The van der Waals surface area contributed by atoms with Gasteiger partial charge in [0, 0.05) is 5.56 Å².